The fourth-order valence-electron chi connectivity index (χ4n) is 3.14. The first-order valence-electron chi connectivity index (χ1n) is 12.1. The maximum Gasteiger partial charge on any atom is 0.320 e. The minimum Gasteiger partial charge on any atom is -0.413 e. The van der Waals surface area contributed by atoms with Crippen LogP contribution in [0.4, 0.5) is 10.6 Å². The summed E-state index contributed by atoms with van der Waals surface area (Å²) in [4.78, 5) is 17.0. The quantitative estimate of drug-likeness (QED) is 0.322. The van der Waals surface area contributed by atoms with Gasteiger partial charge in [-0.05, 0) is 54.0 Å². The number of rotatable bonds is 7. The van der Waals surface area contributed by atoms with Crippen molar-refractivity contribution in [2.24, 2.45) is 0 Å². The molecule has 2 aromatic heterocycles. The molecule has 0 fully saturated rings. The van der Waals surface area contributed by atoms with E-state index in [2.05, 4.69) is 70.3 Å². The summed E-state index contributed by atoms with van der Waals surface area (Å²) in [5.41, 5.74) is 3.46. The number of hydrogen-bond donors (Lipinski definition) is 2. The molecule has 0 saturated heterocycles. The van der Waals surface area contributed by atoms with Gasteiger partial charge in [0.25, 0.3) is 0 Å². The lowest BCUT2D eigenvalue weighted by Gasteiger charge is -2.36. The number of urea groups is 1. The minimum absolute atomic E-state index is 0.138. The van der Waals surface area contributed by atoms with Crippen molar-refractivity contribution in [1.29, 1.82) is 0 Å². The number of anilines is 1. The average molecular weight is 528 g/mol. The molecule has 7 nitrogen and oxygen atoms in total. The number of nitrogens with zero attached hydrogens (tertiary/aromatic N) is 3. The highest BCUT2D eigenvalue weighted by Crippen LogP contribution is 2.37. The molecule has 0 bridgehead atoms. The standard InChI is InChI=1S/C27H38ClN5O2Si/c1-26(2,3)23-15-22(33(32-23)21-11-9-10-20(28)14-21)17-30-25(34)31-24-13-12-19(16-29-24)18-35-36(7,8)27(4,5)6/h9-16H,17-18H2,1-8H3,(H2,29,30,31,34). The van der Waals surface area contributed by atoms with E-state index in [0.29, 0.717) is 24.0 Å². The van der Waals surface area contributed by atoms with Gasteiger partial charge in [-0.15, -0.1) is 0 Å². The van der Waals surface area contributed by atoms with Crippen molar-refractivity contribution in [2.45, 2.75) is 78.2 Å². The highest BCUT2D eigenvalue weighted by Gasteiger charge is 2.37. The van der Waals surface area contributed by atoms with Crippen LogP contribution in [0.3, 0.4) is 0 Å². The van der Waals surface area contributed by atoms with E-state index >= 15 is 0 Å². The first-order chi connectivity index (χ1) is 16.7. The zero-order chi connectivity index (χ0) is 26.7. The van der Waals surface area contributed by atoms with Crippen LogP contribution >= 0.6 is 11.6 Å². The smallest absolute Gasteiger partial charge is 0.320 e. The fourth-order valence-corrected chi connectivity index (χ4v) is 4.28. The molecular formula is C27H38ClN5O2Si. The maximum atomic E-state index is 12.6. The molecule has 0 aliphatic rings. The molecule has 2 heterocycles. The SMILES string of the molecule is CC(C)(C)c1cc(CNC(=O)Nc2ccc(CO[Si](C)(C)C(C)(C)C)cn2)n(-c2cccc(Cl)c2)n1. The van der Waals surface area contributed by atoms with E-state index in [4.69, 9.17) is 21.1 Å². The van der Waals surface area contributed by atoms with Crippen molar-refractivity contribution in [2.75, 3.05) is 5.32 Å². The Morgan fingerprint density at radius 3 is 2.39 bits per heavy atom. The summed E-state index contributed by atoms with van der Waals surface area (Å²) in [6.07, 6.45) is 1.74. The third-order valence-electron chi connectivity index (χ3n) is 6.51. The van der Waals surface area contributed by atoms with Crippen LogP contribution in [0, 0.1) is 0 Å². The van der Waals surface area contributed by atoms with Crippen LogP contribution in [0.5, 0.6) is 0 Å². The van der Waals surface area contributed by atoms with Crippen molar-refractivity contribution < 1.29 is 9.22 Å². The Bertz CT molecular complexity index is 1190. The molecule has 3 rings (SSSR count). The predicted octanol–water partition coefficient (Wildman–Crippen LogP) is 7.06. The van der Waals surface area contributed by atoms with E-state index in [-0.39, 0.29) is 16.5 Å². The van der Waals surface area contributed by atoms with Gasteiger partial charge < -0.3 is 9.74 Å². The zero-order valence-corrected chi connectivity index (χ0v) is 24.3. The molecule has 0 spiro atoms. The van der Waals surface area contributed by atoms with E-state index in [0.717, 1.165) is 22.6 Å². The van der Waals surface area contributed by atoms with Gasteiger partial charge in [0.15, 0.2) is 8.32 Å². The molecular weight excluding hydrogens is 490 g/mol. The minimum atomic E-state index is -1.84. The summed E-state index contributed by atoms with van der Waals surface area (Å²) < 4.78 is 8.07. The number of aromatic nitrogens is 3. The van der Waals surface area contributed by atoms with Crippen LogP contribution in [0.2, 0.25) is 23.2 Å². The number of amides is 2. The van der Waals surface area contributed by atoms with E-state index in [1.165, 1.54) is 0 Å². The van der Waals surface area contributed by atoms with Crippen molar-refractivity contribution in [3.8, 4) is 5.69 Å². The van der Waals surface area contributed by atoms with Gasteiger partial charge in [0.1, 0.15) is 5.82 Å². The van der Waals surface area contributed by atoms with E-state index in [1.807, 2.05) is 41.1 Å². The normalized spacial score (nSPS) is 12.5. The molecule has 0 atom stereocenters. The van der Waals surface area contributed by atoms with Crippen LogP contribution in [-0.4, -0.2) is 29.1 Å². The van der Waals surface area contributed by atoms with Gasteiger partial charge in [0.05, 0.1) is 30.2 Å². The second-order valence-electron chi connectivity index (χ2n) is 11.6. The highest BCUT2D eigenvalue weighted by atomic mass is 35.5. The van der Waals surface area contributed by atoms with E-state index in [1.54, 1.807) is 12.3 Å². The van der Waals surface area contributed by atoms with Gasteiger partial charge in [-0.1, -0.05) is 65.3 Å². The maximum absolute atomic E-state index is 12.6. The predicted molar refractivity (Wildman–Crippen MR) is 149 cm³/mol. The lowest BCUT2D eigenvalue weighted by atomic mass is 9.92. The van der Waals surface area contributed by atoms with Gasteiger partial charge >= 0.3 is 6.03 Å². The van der Waals surface area contributed by atoms with E-state index < -0.39 is 8.32 Å². The van der Waals surface area contributed by atoms with E-state index in [9.17, 15) is 4.79 Å². The topological polar surface area (TPSA) is 81.1 Å². The van der Waals surface area contributed by atoms with Gasteiger partial charge in [-0.2, -0.15) is 5.10 Å². The summed E-state index contributed by atoms with van der Waals surface area (Å²) in [5.74, 6) is 0.474. The summed E-state index contributed by atoms with van der Waals surface area (Å²) in [6.45, 7) is 18.2. The molecule has 9 heteroatoms. The molecule has 0 unspecified atom stereocenters. The lowest BCUT2D eigenvalue weighted by molar-refractivity contribution is 0.251. The largest absolute Gasteiger partial charge is 0.413 e. The highest BCUT2D eigenvalue weighted by molar-refractivity contribution is 6.74. The summed E-state index contributed by atoms with van der Waals surface area (Å²) in [7, 11) is -1.84. The molecule has 2 amide bonds. The molecule has 0 aliphatic heterocycles. The Morgan fingerprint density at radius 2 is 1.81 bits per heavy atom. The van der Waals surface area contributed by atoms with Crippen molar-refractivity contribution >= 4 is 31.8 Å². The van der Waals surface area contributed by atoms with Crippen molar-refractivity contribution in [3.63, 3.8) is 0 Å². The molecule has 3 aromatic rings. The lowest BCUT2D eigenvalue weighted by Crippen LogP contribution is -2.40. The molecule has 1 aromatic carbocycles. The van der Waals surface area contributed by atoms with Crippen LogP contribution in [0.1, 0.15) is 58.5 Å². The van der Waals surface area contributed by atoms with Crippen LogP contribution in [-0.2, 0) is 23.0 Å². The van der Waals surface area contributed by atoms with Crippen molar-refractivity contribution in [1.82, 2.24) is 20.1 Å². The number of benzene rings is 1. The second kappa shape index (κ2) is 10.7. The molecule has 0 radical (unpaired) electrons. The van der Waals surface area contributed by atoms with Gasteiger partial charge in [-0.25, -0.2) is 14.5 Å². The molecule has 2 N–H and O–H groups in total. The zero-order valence-electron chi connectivity index (χ0n) is 22.6. The molecule has 194 valence electrons. The Kier molecular flexibility index (Phi) is 8.32. The molecule has 0 aliphatic carbocycles. The van der Waals surface area contributed by atoms with Gasteiger partial charge in [0.2, 0.25) is 0 Å². The number of hydrogen-bond acceptors (Lipinski definition) is 4. The van der Waals surface area contributed by atoms with Crippen LogP contribution < -0.4 is 10.6 Å². The van der Waals surface area contributed by atoms with Crippen LogP contribution in [0.15, 0.2) is 48.7 Å². The number of pyridine rings is 1. The first-order valence-corrected chi connectivity index (χ1v) is 15.4. The Morgan fingerprint density at radius 1 is 1.08 bits per heavy atom. The number of carbonyl (C=O) groups is 1. The summed E-state index contributed by atoms with van der Waals surface area (Å²) >= 11 is 6.20. The third kappa shape index (κ3) is 7.18. The summed E-state index contributed by atoms with van der Waals surface area (Å²) in [5, 5.41) is 11.3. The van der Waals surface area contributed by atoms with Crippen LogP contribution in [0.25, 0.3) is 5.69 Å². The third-order valence-corrected chi connectivity index (χ3v) is 11.2. The Labute approximate surface area is 220 Å². The van der Waals surface area contributed by atoms with Crippen molar-refractivity contribution in [3.05, 3.63) is 70.6 Å². The number of nitrogens with one attached hydrogen (secondary N) is 2. The molecule has 36 heavy (non-hydrogen) atoms. The number of halogens is 1. The summed E-state index contributed by atoms with van der Waals surface area (Å²) in [6, 6.07) is 12.9. The Hall–Kier alpha value is -2.68. The first kappa shape index (κ1) is 27.9. The Balaban J connectivity index is 1.64. The van der Waals surface area contributed by atoms with Gasteiger partial charge in [0, 0.05) is 16.6 Å². The number of carbonyl (C=O) groups excluding carboxylic acids is 1. The average Bonchev–Trinajstić information content (AvgIpc) is 3.21. The second-order valence-corrected chi connectivity index (χ2v) is 16.8. The van der Waals surface area contributed by atoms with Gasteiger partial charge in [-0.3, -0.25) is 5.32 Å². The molecule has 0 saturated carbocycles. The fraction of sp³-hybridized carbons (Fsp3) is 0.444. The monoisotopic (exact) mass is 527 g/mol.